The molecule has 128 valence electrons. The summed E-state index contributed by atoms with van der Waals surface area (Å²) in [6, 6.07) is 3.65. The van der Waals surface area contributed by atoms with E-state index in [0.29, 0.717) is 22.0 Å². The van der Waals surface area contributed by atoms with Gasteiger partial charge in [0, 0.05) is 34.8 Å². The van der Waals surface area contributed by atoms with Gasteiger partial charge in [0.15, 0.2) is 0 Å². The molecule has 0 bridgehead atoms. The summed E-state index contributed by atoms with van der Waals surface area (Å²) in [5.74, 6) is 1.43. The van der Waals surface area contributed by atoms with Crippen LogP contribution in [0, 0.1) is 5.92 Å². The van der Waals surface area contributed by atoms with Crippen molar-refractivity contribution in [2.45, 2.75) is 38.5 Å². The lowest BCUT2D eigenvalue weighted by molar-refractivity contribution is 0.189. The molecule has 0 radical (unpaired) electrons. The lowest BCUT2D eigenvalue weighted by Crippen LogP contribution is -2.09. The molecule has 6 heteroatoms. The van der Waals surface area contributed by atoms with E-state index in [1.807, 2.05) is 28.9 Å². The van der Waals surface area contributed by atoms with Crippen molar-refractivity contribution in [1.82, 2.24) is 9.38 Å². The van der Waals surface area contributed by atoms with Gasteiger partial charge in [-0.05, 0) is 37.6 Å². The second-order valence-corrected chi connectivity index (χ2v) is 7.10. The fourth-order valence-electron chi connectivity index (χ4n) is 3.20. The number of rotatable bonds is 6. The van der Waals surface area contributed by atoms with Gasteiger partial charge in [-0.25, -0.2) is 13.8 Å². The first-order valence-corrected chi connectivity index (χ1v) is 9.23. The first kappa shape index (κ1) is 17.1. The van der Waals surface area contributed by atoms with Crippen molar-refractivity contribution in [3.05, 3.63) is 42.0 Å². The minimum absolute atomic E-state index is 0.241. The van der Waals surface area contributed by atoms with Gasteiger partial charge in [0.05, 0.1) is 0 Å². The number of thioether (sulfide) groups is 1. The van der Waals surface area contributed by atoms with Crippen LogP contribution in [0.1, 0.15) is 37.7 Å². The van der Waals surface area contributed by atoms with Crippen molar-refractivity contribution in [2.75, 3.05) is 5.75 Å². The molecule has 1 aliphatic carbocycles. The Bertz CT molecular complexity index is 733. The molecule has 24 heavy (non-hydrogen) atoms. The van der Waals surface area contributed by atoms with Gasteiger partial charge in [-0.3, -0.25) is 4.99 Å². The van der Waals surface area contributed by atoms with E-state index in [9.17, 15) is 8.78 Å². The first-order chi connectivity index (χ1) is 11.7. The molecule has 2 aromatic heterocycles. The van der Waals surface area contributed by atoms with Crippen LogP contribution in [0.15, 0.2) is 41.4 Å². The number of aliphatic imine (C=N–C) groups is 1. The van der Waals surface area contributed by atoms with Crippen molar-refractivity contribution < 1.29 is 8.78 Å². The monoisotopic (exact) mass is 349 g/mol. The van der Waals surface area contributed by atoms with Gasteiger partial charge in [-0.1, -0.05) is 19.3 Å². The highest BCUT2D eigenvalue weighted by Crippen LogP contribution is 2.39. The zero-order valence-electron chi connectivity index (χ0n) is 13.5. The van der Waals surface area contributed by atoms with Gasteiger partial charge in [0.1, 0.15) is 11.3 Å². The Balaban J connectivity index is 1.94. The molecule has 3 nitrogen and oxygen atoms in total. The Morgan fingerprint density at radius 1 is 1.33 bits per heavy atom. The van der Waals surface area contributed by atoms with E-state index >= 15 is 0 Å². The highest BCUT2D eigenvalue weighted by Gasteiger charge is 2.22. The first-order valence-electron chi connectivity index (χ1n) is 8.24. The maximum absolute atomic E-state index is 13.5. The molecule has 2 heterocycles. The molecular weight excluding hydrogens is 328 g/mol. The van der Waals surface area contributed by atoms with Crippen molar-refractivity contribution >= 4 is 29.0 Å². The fraction of sp³-hybridized carbons (Fsp3) is 0.444. The molecule has 0 unspecified atom stereocenters. The van der Waals surface area contributed by atoms with Crippen molar-refractivity contribution in [3.63, 3.8) is 0 Å². The zero-order chi connectivity index (χ0) is 16.9. The predicted molar refractivity (Wildman–Crippen MR) is 96.7 cm³/mol. The Morgan fingerprint density at radius 2 is 2.12 bits per heavy atom. The number of alkyl halides is 2. The Hall–Kier alpha value is -1.69. The zero-order valence-corrected chi connectivity index (χ0v) is 14.3. The summed E-state index contributed by atoms with van der Waals surface area (Å²) in [7, 11) is 0. The standard InChI is InChI=1S/C18H21F2N3S/c1-21-15(17(19)20)16(24-12-13-6-3-2-4-7-13)14-8-11-23-10-5-9-22-18(14)23/h5,8-11,13,17H,1-4,6-7,12H2/b16-15-. The molecule has 2 aromatic rings. The van der Waals surface area contributed by atoms with E-state index < -0.39 is 6.43 Å². The lowest BCUT2D eigenvalue weighted by Gasteiger charge is -2.22. The summed E-state index contributed by atoms with van der Waals surface area (Å²) in [6.07, 6.45) is 8.85. The van der Waals surface area contributed by atoms with E-state index in [4.69, 9.17) is 0 Å². The van der Waals surface area contributed by atoms with Gasteiger partial charge in [0.2, 0.25) is 0 Å². The fourth-order valence-corrected chi connectivity index (χ4v) is 4.55. The van der Waals surface area contributed by atoms with Crippen LogP contribution in [0.5, 0.6) is 0 Å². The summed E-state index contributed by atoms with van der Waals surface area (Å²) in [5.41, 5.74) is 1.14. The Morgan fingerprint density at radius 3 is 2.83 bits per heavy atom. The summed E-state index contributed by atoms with van der Waals surface area (Å²) in [5, 5.41) is 0. The van der Waals surface area contributed by atoms with Crippen LogP contribution in [0.2, 0.25) is 0 Å². The highest BCUT2D eigenvalue weighted by molar-refractivity contribution is 8.08. The number of hydrogen-bond donors (Lipinski definition) is 0. The Labute approximate surface area is 144 Å². The SMILES string of the molecule is C=N/C(=C(\SCC1CCCCC1)c1ccn2cccnc12)C(F)F. The second-order valence-electron chi connectivity index (χ2n) is 6.07. The molecule has 0 aromatic carbocycles. The predicted octanol–water partition coefficient (Wildman–Crippen LogP) is 5.28. The lowest BCUT2D eigenvalue weighted by atomic mass is 9.91. The van der Waals surface area contributed by atoms with E-state index in [0.717, 1.165) is 5.75 Å². The molecule has 1 aliphatic rings. The number of allylic oxidation sites excluding steroid dienone is 1. The van der Waals surface area contributed by atoms with Crippen LogP contribution in [-0.4, -0.2) is 28.3 Å². The quantitative estimate of drug-likeness (QED) is 0.664. The van der Waals surface area contributed by atoms with Crippen molar-refractivity contribution in [2.24, 2.45) is 10.9 Å². The third kappa shape index (κ3) is 3.69. The van der Waals surface area contributed by atoms with Gasteiger partial charge >= 0.3 is 0 Å². The third-order valence-electron chi connectivity index (χ3n) is 4.46. The van der Waals surface area contributed by atoms with Gasteiger partial charge < -0.3 is 4.40 Å². The summed E-state index contributed by atoms with van der Waals surface area (Å²) < 4.78 is 28.8. The molecule has 0 atom stereocenters. The molecule has 0 aliphatic heterocycles. The summed E-state index contributed by atoms with van der Waals surface area (Å²) >= 11 is 1.47. The summed E-state index contributed by atoms with van der Waals surface area (Å²) in [4.78, 5) is 8.48. The number of fused-ring (bicyclic) bond motifs is 1. The van der Waals surface area contributed by atoms with Gasteiger partial charge in [-0.2, -0.15) is 0 Å². The largest absolute Gasteiger partial charge is 0.308 e. The molecule has 0 saturated heterocycles. The van der Waals surface area contributed by atoms with E-state index in [1.165, 1.54) is 43.9 Å². The smallest absolute Gasteiger partial charge is 0.281 e. The average Bonchev–Trinajstić information content (AvgIpc) is 3.03. The average molecular weight is 349 g/mol. The highest BCUT2D eigenvalue weighted by atomic mass is 32.2. The van der Waals surface area contributed by atoms with Crippen molar-refractivity contribution in [1.29, 1.82) is 0 Å². The molecular formula is C18H21F2N3S. The number of nitrogens with zero attached hydrogens (tertiary/aromatic N) is 3. The number of aromatic nitrogens is 2. The van der Waals surface area contributed by atoms with Crippen LogP contribution in [0.25, 0.3) is 10.6 Å². The third-order valence-corrected chi connectivity index (χ3v) is 5.82. The van der Waals surface area contributed by atoms with Crippen LogP contribution < -0.4 is 0 Å². The number of hydrogen-bond acceptors (Lipinski definition) is 3. The maximum Gasteiger partial charge on any atom is 0.281 e. The molecule has 0 amide bonds. The molecule has 0 N–H and O–H groups in total. The van der Waals surface area contributed by atoms with Crippen LogP contribution >= 0.6 is 11.8 Å². The van der Waals surface area contributed by atoms with Crippen LogP contribution in [0.3, 0.4) is 0 Å². The van der Waals surface area contributed by atoms with E-state index in [-0.39, 0.29) is 5.70 Å². The molecule has 1 saturated carbocycles. The molecule has 1 fully saturated rings. The van der Waals surface area contributed by atoms with E-state index in [1.54, 1.807) is 6.20 Å². The van der Waals surface area contributed by atoms with E-state index in [2.05, 4.69) is 16.7 Å². The minimum Gasteiger partial charge on any atom is -0.308 e. The maximum atomic E-state index is 13.5. The minimum atomic E-state index is -2.64. The molecule has 0 spiro atoms. The topological polar surface area (TPSA) is 29.7 Å². The summed E-state index contributed by atoms with van der Waals surface area (Å²) in [6.45, 7) is 3.36. The van der Waals surface area contributed by atoms with Crippen molar-refractivity contribution in [3.8, 4) is 0 Å². The second kappa shape index (κ2) is 7.92. The Kier molecular flexibility index (Phi) is 5.66. The van der Waals surface area contributed by atoms with Gasteiger partial charge in [-0.15, -0.1) is 11.8 Å². The molecule has 3 rings (SSSR count). The number of halogens is 2. The van der Waals surface area contributed by atoms with Gasteiger partial charge in [0.25, 0.3) is 6.43 Å². The van der Waals surface area contributed by atoms with Crippen LogP contribution in [-0.2, 0) is 0 Å². The van der Waals surface area contributed by atoms with Crippen LogP contribution in [0.4, 0.5) is 8.78 Å². The normalized spacial score (nSPS) is 17.3.